The van der Waals surface area contributed by atoms with E-state index in [1.807, 2.05) is 0 Å². The van der Waals surface area contributed by atoms with Gasteiger partial charge in [-0.15, -0.1) is 0 Å². The molecule has 0 aliphatic heterocycles. The molecule has 2 nitrogen and oxygen atoms in total. The first-order valence-electron chi connectivity index (χ1n) is 9.11. The van der Waals surface area contributed by atoms with Crippen LogP contribution < -0.4 is 0 Å². The maximum absolute atomic E-state index is 11.5. The summed E-state index contributed by atoms with van der Waals surface area (Å²) in [6.07, 6.45) is 14.6. The fourth-order valence-electron chi connectivity index (χ4n) is 2.32. The molecule has 0 aliphatic rings. The minimum atomic E-state index is -0.0270. The number of carbonyl (C=O) groups is 1. The molecule has 0 aliphatic carbocycles. The predicted octanol–water partition coefficient (Wildman–Crippen LogP) is 6.28. The molecule has 0 aromatic rings. The Hall–Kier alpha value is -0.530. The second kappa shape index (κ2) is 13.2. The summed E-state index contributed by atoms with van der Waals surface area (Å²) in [4.78, 5) is 11.5. The number of hydrogen-bond acceptors (Lipinski definition) is 2. The molecule has 0 aromatic heterocycles. The molecule has 0 fully saturated rings. The summed E-state index contributed by atoms with van der Waals surface area (Å²) in [6.45, 7) is 9.34. The Labute approximate surface area is 133 Å². The van der Waals surface area contributed by atoms with Gasteiger partial charge in [-0.2, -0.15) is 0 Å². The van der Waals surface area contributed by atoms with Gasteiger partial charge in [0.2, 0.25) is 0 Å². The van der Waals surface area contributed by atoms with Crippen LogP contribution in [0.2, 0.25) is 0 Å². The quantitative estimate of drug-likeness (QED) is 0.295. The lowest BCUT2D eigenvalue weighted by Crippen LogP contribution is -2.11. The van der Waals surface area contributed by atoms with Gasteiger partial charge in [-0.3, -0.25) is 4.79 Å². The summed E-state index contributed by atoms with van der Waals surface area (Å²) in [6, 6.07) is 0. The Morgan fingerprint density at radius 3 is 1.76 bits per heavy atom. The second-order valence-electron chi connectivity index (χ2n) is 7.46. The molecule has 0 heterocycles. The van der Waals surface area contributed by atoms with Crippen molar-refractivity contribution < 1.29 is 9.53 Å². The van der Waals surface area contributed by atoms with Gasteiger partial charge >= 0.3 is 5.97 Å². The highest BCUT2D eigenvalue weighted by Crippen LogP contribution is 2.20. The van der Waals surface area contributed by atoms with Gasteiger partial charge in [0.15, 0.2) is 0 Å². The summed E-state index contributed by atoms with van der Waals surface area (Å²) < 4.78 is 5.27. The van der Waals surface area contributed by atoms with E-state index >= 15 is 0 Å². The third-order valence-corrected chi connectivity index (χ3v) is 3.84. The van der Waals surface area contributed by atoms with E-state index in [9.17, 15) is 4.79 Å². The molecule has 0 radical (unpaired) electrons. The van der Waals surface area contributed by atoms with Gasteiger partial charge in [0.1, 0.15) is 0 Å². The number of unbranched alkanes of at least 4 members (excludes halogenated alkanes) is 9. The Morgan fingerprint density at radius 1 is 0.810 bits per heavy atom. The molecular formula is C19H38O2. The molecule has 0 N–H and O–H groups in total. The van der Waals surface area contributed by atoms with E-state index in [-0.39, 0.29) is 11.4 Å². The minimum Gasteiger partial charge on any atom is -0.466 e. The smallest absolute Gasteiger partial charge is 0.305 e. The summed E-state index contributed by atoms with van der Waals surface area (Å²) >= 11 is 0. The van der Waals surface area contributed by atoms with E-state index < -0.39 is 0 Å². The highest BCUT2D eigenvalue weighted by molar-refractivity contribution is 5.69. The molecule has 0 atom stereocenters. The Balaban J connectivity index is 3.20. The van der Waals surface area contributed by atoms with E-state index in [4.69, 9.17) is 4.74 Å². The van der Waals surface area contributed by atoms with Crippen LogP contribution in [0, 0.1) is 5.41 Å². The van der Waals surface area contributed by atoms with Gasteiger partial charge in [0.05, 0.1) is 6.61 Å². The molecule has 2 heteroatoms. The van der Waals surface area contributed by atoms with Crippen molar-refractivity contribution >= 4 is 5.97 Å². The SMILES string of the molecule is CCCCCCCCCCCCOC(=O)CCC(C)(C)C. The maximum atomic E-state index is 11.5. The lowest BCUT2D eigenvalue weighted by Gasteiger charge is -2.16. The van der Waals surface area contributed by atoms with Gasteiger partial charge in [-0.1, -0.05) is 85.5 Å². The van der Waals surface area contributed by atoms with Crippen molar-refractivity contribution in [1.29, 1.82) is 0 Å². The van der Waals surface area contributed by atoms with E-state index in [2.05, 4.69) is 27.7 Å². The van der Waals surface area contributed by atoms with Gasteiger partial charge in [-0.25, -0.2) is 0 Å². The van der Waals surface area contributed by atoms with Gasteiger partial charge < -0.3 is 4.74 Å². The fraction of sp³-hybridized carbons (Fsp3) is 0.947. The van der Waals surface area contributed by atoms with Crippen LogP contribution in [0.1, 0.15) is 105 Å². The average Bonchev–Trinajstić information content (AvgIpc) is 2.42. The van der Waals surface area contributed by atoms with E-state index in [0.29, 0.717) is 13.0 Å². The van der Waals surface area contributed by atoms with Crippen LogP contribution in [0.3, 0.4) is 0 Å². The number of rotatable bonds is 13. The Kier molecular flexibility index (Phi) is 12.8. The van der Waals surface area contributed by atoms with Crippen LogP contribution >= 0.6 is 0 Å². The monoisotopic (exact) mass is 298 g/mol. The zero-order valence-electron chi connectivity index (χ0n) is 15.0. The summed E-state index contributed by atoms with van der Waals surface area (Å²) in [5.41, 5.74) is 0.218. The molecule has 0 amide bonds. The van der Waals surface area contributed by atoms with Crippen LogP contribution in [-0.4, -0.2) is 12.6 Å². The van der Waals surface area contributed by atoms with Crippen molar-refractivity contribution in [3.05, 3.63) is 0 Å². The first kappa shape index (κ1) is 20.5. The van der Waals surface area contributed by atoms with Crippen LogP contribution in [0.4, 0.5) is 0 Å². The predicted molar refractivity (Wildman–Crippen MR) is 91.5 cm³/mol. The number of ether oxygens (including phenoxy) is 1. The van der Waals surface area contributed by atoms with Crippen LogP contribution in [-0.2, 0) is 9.53 Å². The molecule has 0 rings (SSSR count). The molecule has 0 aromatic carbocycles. The molecule has 0 unspecified atom stereocenters. The highest BCUT2D eigenvalue weighted by Gasteiger charge is 2.13. The number of esters is 1. The van der Waals surface area contributed by atoms with Crippen LogP contribution in [0.5, 0.6) is 0 Å². The molecule has 21 heavy (non-hydrogen) atoms. The van der Waals surface area contributed by atoms with Crippen molar-refractivity contribution in [2.45, 2.75) is 105 Å². The second-order valence-corrected chi connectivity index (χ2v) is 7.46. The fourth-order valence-corrected chi connectivity index (χ4v) is 2.32. The lowest BCUT2D eigenvalue weighted by atomic mass is 9.91. The van der Waals surface area contributed by atoms with Crippen molar-refractivity contribution in [3.63, 3.8) is 0 Å². The highest BCUT2D eigenvalue weighted by atomic mass is 16.5. The van der Waals surface area contributed by atoms with E-state index in [1.165, 1.54) is 57.8 Å². The summed E-state index contributed by atoms with van der Waals surface area (Å²) in [5, 5.41) is 0. The van der Waals surface area contributed by atoms with Crippen molar-refractivity contribution in [3.8, 4) is 0 Å². The van der Waals surface area contributed by atoms with Gasteiger partial charge in [0.25, 0.3) is 0 Å². The Bertz CT molecular complexity index is 240. The topological polar surface area (TPSA) is 26.3 Å². The number of hydrogen-bond donors (Lipinski definition) is 0. The van der Waals surface area contributed by atoms with Crippen molar-refractivity contribution in [2.24, 2.45) is 5.41 Å². The maximum Gasteiger partial charge on any atom is 0.305 e. The first-order valence-corrected chi connectivity index (χ1v) is 9.11. The molecule has 0 saturated heterocycles. The van der Waals surface area contributed by atoms with E-state index in [1.54, 1.807) is 0 Å². The third-order valence-electron chi connectivity index (χ3n) is 3.84. The first-order chi connectivity index (χ1) is 9.95. The zero-order valence-corrected chi connectivity index (χ0v) is 15.0. The number of carbonyl (C=O) groups excluding carboxylic acids is 1. The normalized spacial score (nSPS) is 11.6. The summed E-state index contributed by atoms with van der Waals surface area (Å²) in [5.74, 6) is -0.0270. The molecule has 0 spiro atoms. The van der Waals surface area contributed by atoms with Crippen LogP contribution in [0.15, 0.2) is 0 Å². The molecular weight excluding hydrogens is 260 g/mol. The van der Waals surface area contributed by atoms with E-state index in [0.717, 1.165) is 12.8 Å². The third kappa shape index (κ3) is 17.4. The largest absolute Gasteiger partial charge is 0.466 e. The van der Waals surface area contributed by atoms with Crippen molar-refractivity contribution in [2.75, 3.05) is 6.61 Å². The lowest BCUT2D eigenvalue weighted by molar-refractivity contribution is -0.144. The van der Waals surface area contributed by atoms with Gasteiger partial charge in [0, 0.05) is 6.42 Å². The Morgan fingerprint density at radius 2 is 1.29 bits per heavy atom. The average molecular weight is 299 g/mol. The molecule has 0 saturated carbocycles. The minimum absolute atomic E-state index is 0.0270. The standard InChI is InChI=1S/C19H38O2/c1-5-6-7-8-9-10-11-12-13-14-17-21-18(20)15-16-19(2,3)4/h5-17H2,1-4H3. The zero-order chi connectivity index (χ0) is 16.0. The van der Waals surface area contributed by atoms with Crippen LogP contribution in [0.25, 0.3) is 0 Å². The van der Waals surface area contributed by atoms with Crippen molar-refractivity contribution in [1.82, 2.24) is 0 Å². The molecule has 126 valence electrons. The van der Waals surface area contributed by atoms with Gasteiger partial charge in [-0.05, 0) is 18.3 Å². The summed E-state index contributed by atoms with van der Waals surface area (Å²) in [7, 11) is 0. The molecule has 0 bridgehead atoms.